The summed E-state index contributed by atoms with van der Waals surface area (Å²) in [6.45, 7) is 8.05. The highest BCUT2D eigenvalue weighted by Gasteiger charge is 2.17. The minimum Gasteiger partial charge on any atom is -0.398 e. The van der Waals surface area contributed by atoms with Gasteiger partial charge in [0.15, 0.2) is 0 Å². The Hall–Kier alpha value is -0.580. The molecule has 17 heavy (non-hydrogen) atoms. The maximum atomic E-state index is 5.86. The summed E-state index contributed by atoms with van der Waals surface area (Å²) in [5, 5.41) is 5.60. The molecule has 0 bridgehead atoms. The highest BCUT2D eigenvalue weighted by Crippen LogP contribution is 2.19. The molecule has 0 aromatic carbocycles. The molecule has 0 radical (unpaired) electrons. The van der Waals surface area contributed by atoms with Gasteiger partial charge in [-0.3, -0.25) is 0 Å². The van der Waals surface area contributed by atoms with Gasteiger partial charge in [0.05, 0.1) is 0 Å². The molecular formula is C13H23N3S. The summed E-state index contributed by atoms with van der Waals surface area (Å²) in [5.74, 6) is 0.846. The molecule has 1 fully saturated rings. The first-order chi connectivity index (χ1) is 8.29. The molecule has 1 aliphatic rings. The van der Waals surface area contributed by atoms with E-state index in [0.29, 0.717) is 0 Å². The number of nitrogen functional groups attached to an aromatic ring is 1. The van der Waals surface area contributed by atoms with Crippen LogP contribution < -0.4 is 11.1 Å². The molecule has 0 saturated carbocycles. The van der Waals surface area contributed by atoms with Gasteiger partial charge in [-0.05, 0) is 56.4 Å². The summed E-state index contributed by atoms with van der Waals surface area (Å²) in [5.41, 5.74) is 6.79. The largest absolute Gasteiger partial charge is 0.398 e. The Morgan fingerprint density at radius 1 is 1.47 bits per heavy atom. The normalized spacial score (nSPS) is 18.6. The molecular weight excluding hydrogens is 230 g/mol. The third-order valence-electron chi connectivity index (χ3n) is 3.65. The van der Waals surface area contributed by atoms with E-state index in [1.165, 1.54) is 37.4 Å². The number of likely N-dealkylation sites (tertiary alicyclic amines) is 1. The van der Waals surface area contributed by atoms with Crippen LogP contribution in [0.3, 0.4) is 0 Å². The van der Waals surface area contributed by atoms with Gasteiger partial charge in [0.1, 0.15) is 0 Å². The van der Waals surface area contributed by atoms with Gasteiger partial charge in [0.25, 0.3) is 0 Å². The molecule has 0 spiro atoms. The van der Waals surface area contributed by atoms with Crippen LogP contribution in [0, 0.1) is 5.92 Å². The standard InChI is InChI=1S/C13H23N3S/c1-2-16-6-3-11(4-7-16)9-15-10-13-12(14)5-8-17-13/h5,8,11,15H,2-4,6-7,9-10,14H2,1H3. The smallest absolute Gasteiger partial charge is 0.0468 e. The summed E-state index contributed by atoms with van der Waals surface area (Å²) in [6, 6.07) is 1.99. The number of nitrogens with zero attached hydrogens (tertiary/aromatic N) is 1. The molecule has 2 rings (SSSR count). The highest BCUT2D eigenvalue weighted by atomic mass is 32.1. The van der Waals surface area contributed by atoms with Crippen LogP contribution in [0.25, 0.3) is 0 Å². The quantitative estimate of drug-likeness (QED) is 0.845. The zero-order chi connectivity index (χ0) is 12.1. The van der Waals surface area contributed by atoms with Gasteiger partial charge in [-0.2, -0.15) is 0 Å². The molecule has 0 atom stereocenters. The molecule has 1 aromatic rings. The van der Waals surface area contributed by atoms with Crippen molar-refractivity contribution in [2.24, 2.45) is 5.92 Å². The highest BCUT2D eigenvalue weighted by molar-refractivity contribution is 7.10. The summed E-state index contributed by atoms with van der Waals surface area (Å²) in [4.78, 5) is 3.81. The van der Waals surface area contributed by atoms with Crippen molar-refractivity contribution in [3.8, 4) is 0 Å². The average molecular weight is 253 g/mol. The Kier molecular flexibility index (Phi) is 4.83. The predicted octanol–water partition coefficient (Wildman–Crippen LogP) is 2.15. The second-order valence-corrected chi connectivity index (χ2v) is 5.81. The first kappa shape index (κ1) is 12.9. The Morgan fingerprint density at radius 2 is 2.24 bits per heavy atom. The van der Waals surface area contributed by atoms with Crippen LogP contribution in [-0.2, 0) is 6.54 Å². The molecule has 0 unspecified atom stereocenters. The number of nitrogens with two attached hydrogens (primary N) is 1. The van der Waals surface area contributed by atoms with Crippen LogP contribution in [0.5, 0.6) is 0 Å². The lowest BCUT2D eigenvalue weighted by Crippen LogP contribution is -2.36. The molecule has 0 aliphatic carbocycles. The van der Waals surface area contributed by atoms with E-state index in [2.05, 4.69) is 22.5 Å². The van der Waals surface area contributed by atoms with Crippen LogP contribution in [0.2, 0.25) is 0 Å². The maximum absolute atomic E-state index is 5.86. The summed E-state index contributed by atoms with van der Waals surface area (Å²) >= 11 is 1.74. The van der Waals surface area contributed by atoms with E-state index in [1.807, 2.05) is 6.07 Å². The zero-order valence-electron chi connectivity index (χ0n) is 10.6. The molecule has 2 heterocycles. The number of piperidine rings is 1. The second-order valence-electron chi connectivity index (χ2n) is 4.81. The molecule has 1 aliphatic heterocycles. The summed E-state index contributed by atoms with van der Waals surface area (Å²) in [6.07, 6.45) is 2.67. The number of hydrogen-bond acceptors (Lipinski definition) is 4. The Morgan fingerprint density at radius 3 is 2.82 bits per heavy atom. The molecule has 4 heteroatoms. The minimum absolute atomic E-state index is 0.846. The van der Waals surface area contributed by atoms with E-state index in [-0.39, 0.29) is 0 Å². The van der Waals surface area contributed by atoms with Crippen LogP contribution in [0.1, 0.15) is 24.6 Å². The van der Waals surface area contributed by atoms with Crippen molar-refractivity contribution in [2.75, 3.05) is 31.9 Å². The van der Waals surface area contributed by atoms with Crippen LogP contribution >= 0.6 is 11.3 Å². The van der Waals surface area contributed by atoms with Gasteiger partial charge in [0, 0.05) is 17.1 Å². The van der Waals surface area contributed by atoms with Crippen LogP contribution in [0.15, 0.2) is 11.4 Å². The number of thiophene rings is 1. The Bertz CT molecular complexity index is 329. The molecule has 0 amide bonds. The number of hydrogen-bond donors (Lipinski definition) is 2. The van der Waals surface area contributed by atoms with Crippen molar-refractivity contribution in [3.63, 3.8) is 0 Å². The Labute approximate surface area is 108 Å². The third kappa shape index (κ3) is 3.69. The van der Waals surface area contributed by atoms with Crippen LogP contribution in [-0.4, -0.2) is 31.1 Å². The average Bonchev–Trinajstić information content (AvgIpc) is 2.76. The molecule has 3 N–H and O–H groups in total. The lowest BCUT2D eigenvalue weighted by molar-refractivity contribution is 0.190. The van der Waals surface area contributed by atoms with E-state index in [9.17, 15) is 0 Å². The fourth-order valence-corrected chi connectivity index (χ4v) is 3.16. The molecule has 1 aromatic heterocycles. The maximum Gasteiger partial charge on any atom is 0.0468 e. The Balaban J connectivity index is 1.65. The van der Waals surface area contributed by atoms with Gasteiger partial charge in [-0.25, -0.2) is 0 Å². The minimum atomic E-state index is 0.846. The lowest BCUT2D eigenvalue weighted by atomic mass is 9.97. The fraction of sp³-hybridized carbons (Fsp3) is 0.692. The molecule has 96 valence electrons. The lowest BCUT2D eigenvalue weighted by Gasteiger charge is -2.31. The molecule has 3 nitrogen and oxygen atoms in total. The second kappa shape index (κ2) is 6.38. The summed E-state index contributed by atoms with van der Waals surface area (Å²) < 4.78 is 0. The number of rotatable bonds is 5. The number of nitrogens with one attached hydrogen (secondary N) is 1. The van der Waals surface area contributed by atoms with Gasteiger partial charge in [0.2, 0.25) is 0 Å². The van der Waals surface area contributed by atoms with Crippen LogP contribution in [0.4, 0.5) is 5.69 Å². The van der Waals surface area contributed by atoms with E-state index in [4.69, 9.17) is 5.73 Å². The topological polar surface area (TPSA) is 41.3 Å². The van der Waals surface area contributed by atoms with Crippen molar-refractivity contribution in [1.29, 1.82) is 0 Å². The van der Waals surface area contributed by atoms with Gasteiger partial charge in [-0.15, -0.1) is 11.3 Å². The van der Waals surface area contributed by atoms with Crippen molar-refractivity contribution in [1.82, 2.24) is 10.2 Å². The zero-order valence-corrected chi connectivity index (χ0v) is 11.4. The van der Waals surface area contributed by atoms with E-state index < -0.39 is 0 Å². The van der Waals surface area contributed by atoms with Crippen molar-refractivity contribution >= 4 is 17.0 Å². The predicted molar refractivity (Wildman–Crippen MR) is 75.3 cm³/mol. The molecule has 1 saturated heterocycles. The third-order valence-corrected chi connectivity index (χ3v) is 4.59. The first-order valence-electron chi connectivity index (χ1n) is 6.54. The van der Waals surface area contributed by atoms with Crippen molar-refractivity contribution < 1.29 is 0 Å². The van der Waals surface area contributed by atoms with Gasteiger partial charge < -0.3 is 16.0 Å². The van der Waals surface area contributed by atoms with Crippen molar-refractivity contribution in [2.45, 2.75) is 26.3 Å². The number of anilines is 1. The van der Waals surface area contributed by atoms with E-state index in [0.717, 1.165) is 24.7 Å². The van der Waals surface area contributed by atoms with E-state index >= 15 is 0 Å². The van der Waals surface area contributed by atoms with Gasteiger partial charge in [-0.1, -0.05) is 6.92 Å². The SMILES string of the molecule is CCN1CCC(CNCc2sccc2N)CC1. The first-order valence-corrected chi connectivity index (χ1v) is 7.42. The van der Waals surface area contributed by atoms with E-state index in [1.54, 1.807) is 11.3 Å². The van der Waals surface area contributed by atoms with Crippen molar-refractivity contribution in [3.05, 3.63) is 16.3 Å². The monoisotopic (exact) mass is 253 g/mol. The summed E-state index contributed by atoms with van der Waals surface area (Å²) in [7, 11) is 0. The fourth-order valence-electron chi connectivity index (χ4n) is 2.39. The van der Waals surface area contributed by atoms with Gasteiger partial charge >= 0.3 is 0 Å².